The fourth-order valence-electron chi connectivity index (χ4n) is 8.19. The van der Waals surface area contributed by atoms with Gasteiger partial charge in [0, 0.05) is 37.5 Å². The van der Waals surface area contributed by atoms with Crippen molar-refractivity contribution in [2.75, 3.05) is 6.61 Å². The molecule has 18 nitrogen and oxygen atoms in total. The van der Waals surface area contributed by atoms with Crippen LogP contribution in [0.1, 0.15) is 86.0 Å². The van der Waals surface area contributed by atoms with Crippen LogP contribution in [0.15, 0.2) is 85.1 Å². The Balaban J connectivity index is 1.90. The van der Waals surface area contributed by atoms with Crippen molar-refractivity contribution in [1.82, 2.24) is 0 Å². The summed E-state index contributed by atoms with van der Waals surface area (Å²) in [5.41, 5.74) is 6.07. The van der Waals surface area contributed by atoms with Crippen molar-refractivity contribution < 1.29 is 84.3 Å². The van der Waals surface area contributed by atoms with E-state index in [-0.39, 0.29) is 38.2 Å². The van der Waals surface area contributed by atoms with Crippen molar-refractivity contribution in [3.05, 3.63) is 85.1 Å². The minimum absolute atomic E-state index is 0.0345. The molecule has 0 spiro atoms. The average Bonchev–Trinajstić information content (AvgIpc) is 3.25. The molecule has 3 heterocycles. The number of carbonyl (C=O) groups is 2. The first-order valence-electron chi connectivity index (χ1n) is 23.3. The third-order valence-electron chi connectivity index (χ3n) is 12.3. The Morgan fingerprint density at radius 2 is 1.27 bits per heavy atom. The molecular formula is C49H77NO17. The molecule has 0 radical (unpaired) electrons. The summed E-state index contributed by atoms with van der Waals surface area (Å²) in [5, 5.41) is 109. The monoisotopic (exact) mass is 952 g/mol. The number of cyclic esters (lactones) is 1. The van der Waals surface area contributed by atoms with Crippen LogP contribution in [0.25, 0.3) is 0 Å². The number of nitrogens with two attached hydrogens (primary N) is 1. The number of hydrogen-bond donors (Lipinski definition) is 11. The maximum Gasteiger partial charge on any atom is 0.314 e. The number of allylic oxidation sites excluding steroid dienone is 12. The van der Waals surface area contributed by atoms with Crippen LogP contribution in [0, 0.1) is 17.8 Å². The van der Waals surface area contributed by atoms with Gasteiger partial charge in [0.25, 0.3) is 0 Å². The number of hydrogen-bond acceptors (Lipinski definition) is 18. The minimum atomic E-state index is -2.27. The van der Waals surface area contributed by atoms with E-state index >= 15 is 0 Å². The van der Waals surface area contributed by atoms with Crippen LogP contribution in [-0.4, -0.2) is 167 Å². The van der Waals surface area contributed by atoms with Gasteiger partial charge in [-0.25, -0.2) is 0 Å². The van der Waals surface area contributed by atoms with Crippen LogP contribution in [0.3, 0.4) is 0 Å². The Kier molecular flexibility index (Phi) is 25.0. The van der Waals surface area contributed by atoms with E-state index in [1.807, 2.05) is 37.3 Å². The van der Waals surface area contributed by atoms with E-state index in [1.54, 1.807) is 82.4 Å². The summed E-state index contributed by atoms with van der Waals surface area (Å²) in [4.78, 5) is 25.9. The molecule has 2 saturated heterocycles. The van der Waals surface area contributed by atoms with Crippen LogP contribution < -0.4 is 5.73 Å². The van der Waals surface area contributed by atoms with Crippen molar-refractivity contribution in [2.24, 2.45) is 23.5 Å². The Morgan fingerprint density at radius 1 is 0.687 bits per heavy atom. The second-order valence-electron chi connectivity index (χ2n) is 18.0. The summed E-state index contributed by atoms with van der Waals surface area (Å²) in [6.45, 7) is 8.33. The zero-order valence-corrected chi connectivity index (χ0v) is 39.2. The maximum atomic E-state index is 13.3. The topological polar surface area (TPSA) is 309 Å². The summed E-state index contributed by atoms with van der Waals surface area (Å²) >= 11 is 0. The van der Waals surface area contributed by atoms with Gasteiger partial charge in [0.15, 0.2) is 12.1 Å². The minimum Gasteiger partial charge on any atom is -0.466 e. The van der Waals surface area contributed by atoms with E-state index in [2.05, 4.69) is 0 Å². The van der Waals surface area contributed by atoms with E-state index in [4.69, 9.17) is 29.4 Å². The van der Waals surface area contributed by atoms with Crippen molar-refractivity contribution in [3.63, 3.8) is 0 Å². The molecule has 3 aliphatic rings. The summed E-state index contributed by atoms with van der Waals surface area (Å²) < 4.78 is 28.8. The summed E-state index contributed by atoms with van der Waals surface area (Å²) in [7, 11) is 0. The number of aliphatic hydroxyl groups is 10. The zero-order valence-electron chi connectivity index (χ0n) is 39.2. The van der Waals surface area contributed by atoms with Gasteiger partial charge >= 0.3 is 11.9 Å². The lowest BCUT2D eigenvalue weighted by atomic mass is 9.82. The first-order valence-corrected chi connectivity index (χ1v) is 23.3. The maximum absolute atomic E-state index is 13.3. The van der Waals surface area contributed by atoms with Gasteiger partial charge in [0.2, 0.25) is 0 Å². The van der Waals surface area contributed by atoms with Crippen molar-refractivity contribution in [3.8, 4) is 0 Å². The molecule has 19 atom stereocenters. The number of aliphatic hydroxyl groups excluding tert-OH is 9. The molecular weight excluding hydrogens is 875 g/mol. The highest BCUT2D eigenvalue weighted by molar-refractivity contribution is 5.74. The smallest absolute Gasteiger partial charge is 0.314 e. The SMILES string of the molecule is CCOC(=O)[C@H]1[C@@H]2C[C@@H](O[C@@H]3O[C@H](C)[C@@H](O)[C@H](N)[C@@H]3O)/C=C/C=C/C=C/C=C/C=C/C=C/C=C/[C@H](C)[C@@H](O)[C@@H](C)[C@H](C)OC(=O)C[C@H](O)C[C@H](O)CC[C@@H](O)[C@H](O)C[C@H](O)C[C@](O)(C[C@@H]1O)O2. The largest absolute Gasteiger partial charge is 0.466 e. The lowest BCUT2D eigenvalue weighted by Crippen LogP contribution is -2.61. The molecule has 18 heteroatoms. The summed E-state index contributed by atoms with van der Waals surface area (Å²) in [5.74, 6) is -5.90. The van der Waals surface area contributed by atoms with Crippen LogP contribution in [0.5, 0.6) is 0 Å². The lowest BCUT2D eigenvalue weighted by Gasteiger charge is -2.45. The normalized spacial score (nSPS) is 44.4. The highest BCUT2D eigenvalue weighted by Crippen LogP contribution is 2.38. The van der Waals surface area contributed by atoms with Gasteiger partial charge in [-0.1, -0.05) is 98.9 Å². The number of fused-ring (bicyclic) bond motifs is 2. The van der Waals surface area contributed by atoms with Gasteiger partial charge < -0.3 is 80.5 Å². The van der Waals surface area contributed by atoms with Gasteiger partial charge in [-0.3, -0.25) is 9.59 Å². The first kappa shape index (κ1) is 57.9. The number of carbonyl (C=O) groups excluding carboxylic acids is 2. The van der Waals surface area contributed by atoms with E-state index in [0.29, 0.717) is 0 Å². The van der Waals surface area contributed by atoms with E-state index in [1.165, 1.54) is 0 Å². The van der Waals surface area contributed by atoms with Crippen LogP contribution >= 0.6 is 0 Å². The molecule has 380 valence electrons. The molecule has 0 aromatic heterocycles. The second-order valence-corrected chi connectivity index (χ2v) is 18.0. The zero-order chi connectivity index (χ0) is 49.8. The van der Waals surface area contributed by atoms with Gasteiger partial charge in [0.05, 0.1) is 86.2 Å². The third kappa shape index (κ3) is 19.5. The van der Waals surface area contributed by atoms with Gasteiger partial charge in [-0.2, -0.15) is 0 Å². The van der Waals surface area contributed by atoms with Crippen LogP contribution in [-0.2, 0) is 33.3 Å². The fraction of sp³-hybridized carbons (Fsp3) is 0.673. The van der Waals surface area contributed by atoms with Gasteiger partial charge in [-0.05, 0) is 40.0 Å². The first-order chi connectivity index (χ1) is 31.7. The molecule has 0 aliphatic carbocycles. The third-order valence-corrected chi connectivity index (χ3v) is 12.3. The molecule has 2 bridgehead atoms. The van der Waals surface area contributed by atoms with E-state index < -0.39 is 147 Å². The number of rotatable bonds is 4. The van der Waals surface area contributed by atoms with Crippen LogP contribution in [0.4, 0.5) is 0 Å². The number of esters is 2. The molecule has 2 fully saturated rings. The van der Waals surface area contributed by atoms with Crippen molar-refractivity contribution >= 4 is 11.9 Å². The Hall–Kier alpha value is -3.44. The Bertz CT molecular complexity index is 1700. The highest BCUT2D eigenvalue weighted by atomic mass is 16.7. The molecule has 0 saturated carbocycles. The Morgan fingerprint density at radius 3 is 1.87 bits per heavy atom. The lowest BCUT2D eigenvalue weighted by molar-refractivity contribution is -0.309. The molecule has 0 aromatic carbocycles. The van der Waals surface area contributed by atoms with Crippen molar-refractivity contribution in [1.29, 1.82) is 0 Å². The molecule has 3 aliphatic heterocycles. The fourth-order valence-corrected chi connectivity index (χ4v) is 8.19. The van der Waals surface area contributed by atoms with Gasteiger partial charge in [-0.15, -0.1) is 0 Å². The molecule has 0 unspecified atom stereocenters. The second kappa shape index (κ2) is 28.9. The number of ether oxygens (including phenoxy) is 5. The average molecular weight is 952 g/mol. The molecule has 3 rings (SSSR count). The quantitative estimate of drug-likeness (QED) is 0.176. The highest BCUT2D eigenvalue weighted by Gasteiger charge is 2.51. The van der Waals surface area contributed by atoms with E-state index in [9.17, 15) is 60.7 Å². The Labute approximate surface area is 394 Å². The molecule has 12 N–H and O–H groups in total. The summed E-state index contributed by atoms with van der Waals surface area (Å²) in [6, 6.07) is -1.13. The standard InChI is InChI=1S/C49H77NO17/c1-6-63-47(61)42-39(56)28-49(62)27-35(53)24-38(55)37(54)22-21-33(51)23-34(52)25-41(57)64-31(4)30(3)44(58)29(2)19-17-15-13-11-9-7-8-10-12-14-16-18-20-36(26-40(42)67-49)66-48-46(60)43(50)45(59)32(5)65-48/h7-20,29-40,42-46,48,51-56,58-60,62H,6,21-28,50H2,1-5H3/b8-7+,11-9+,12-10+,15-13+,16-14+,19-17+,20-18+/t29-,30-,31-,32+,33+,34+,35-,36-,37+,38+,39-,40-,42+,43-,44+,45+,46-,48-,49+/m0/s1. The van der Waals surface area contributed by atoms with E-state index in [0.717, 1.165) is 0 Å². The molecule has 0 aromatic rings. The van der Waals surface area contributed by atoms with Gasteiger partial charge in [0.1, 0.15) is 18.1 Å². The predicted molar refractivity (Wildman–Crippen MR) is 246 cm³/mol. The van der Waals surface area contributed by atoms with Crippen molar-refractivity contribution in [2.45, 2.75) is 183 Å². The predicted octanol–water partition coefficient (Wildman–Crippen LogP) is 1.19. The van der Waals surface area contributed by atoms with Crippen LogP contribution in [0.2, 0.25) is 0 Å². The molecule has 0 amide bonds. The molecule has 67 heavy (non-hydrogen) atoms. The summed E-state index contributed by atoms with van der Waals surface area (Å²) in [6.07, 6.45) is 4.56.